The summed E-state index contributed by atoms with van der Waals surface area (Å²) in [7, 11) is 1.57. The van der Waals surface area contributed by atoms with Crippen LogP contribution in [0.25, 0.3) is 0 Å². The van der Waals surface area contributed by atoms with Gasteiger partial charge in [0.2, 0.25) is 0 Å². The molecule has 0 saturated carbocycles. The highest BCUT2D eigenvalue weighted by molar-refractivity contribution is 5.34. The summed E-state index contributed by atoms with van der Waals surface area (Å²) in [5, 5.41) is 10.3. The minimum absolute atomic E-state index is 0.628. The minimum Gasteiger partial charge on any atom is -0.495 e. The smallest absolute Gasteiger partial charge is 0.137 e. The predicted molar refractivity (Wildman–Crippen MR) is 63.8 cm³/mol. The first kappa shape index (κ1) is 11.5. The van der Waals surface area contributed by atoms with Gasteiger partial charge in [-0.25, -0.2) is 0 Å². The van der Waals surface area contributed by atoms with Crippen LogP contribution in [0.15, 0.2) is 36.9 Å². The Morgan fingerprint density at radius 1 is 1.24 bits per heavy atom. The molecule has 0 amide bonds. The van der Waals surface area contributed by atoms with Gasteiger partial charge in [0.1, 0.15) is 11.9 Å². The average Bonchev–Trinajstić information content (AvgIpc) is 2.38. The topological polar surface area (TPSA) is 55.2 Å². The van der Waals surface area contributed by atoms with E-state index in [1.165, 1.54) is 0 Å². The van der Waals surface area contributed by atoms with Crippen LogP contribution in [0.5, 0.6) is 5.75 Å². The first-order valence-electron chi connectivity index (χ1n) is 5.30. The molecule has 2 aromatic heterocycles. The van der Waals surface area contributed by atoms with Gasteiger partial charge in [0, 0.05) is 29.7 Å². The van der Waals surface area contributed by atoms with Crippen LogP contribution in [0, 0.1) is 6.92 Å². The maximum absolute atomic E-state index is 10.3. The molecule has 0 fully saturated rings. The largest absolute Gasteiger partial charge is 0.495 e. The van der Waals surface area contributed by atoms with Crippen LogP contribution in [-0.2, 0) is 0 Å². The molecule has 17 heavy (non-hydrogen) atoms. The van der Waals surface area contributed by atoms with Crippen LogP contribution >= 0.6 is 0 Å². The lowest BCUT2D eigenvalue weighted by atomic mass is 10.0. The zero-order valence-corrected chi connectivity index (χ0v) is 9.79. The first-order chi connectivity index (χ1) is 8.22. The molecule has 1 atom stereocenters. The van der Waals surface area contributed by atoms with Gasteiger partial charge in [-0.05, 0) is 24.6 Å². The van der Waals surface area contributed by atoms with Crippen molar-refractivity contribution < 1.29 is 9.84 Å². The van der Waals surface area contributed by atoms with Crippen LogP contribution in [0.3, 0.4) is 0 Å². The Bertz CT molecular complexity index is 514. The van der Waals surface area contributed by atoms with Crippen molar-refractivity contribution in [2.45, 2.75) is 13.0 Å². The second-order valence-corrected chi connectivity index (χ2v) is 3.79. The second-order valence-electron chi connectivity index (χ2n) is 3.79. The van der Waals surface area contributed by atoms with Crippen LogP contribution in [0.1, 0.15) is 22.8 Å². The third-order valence-corrected chi connectivity index (χ3v) is 2.66. The van der Waals surface area contributed by atoms with E-state index in [4.69, 9.17) is 4.74 Å². The molecule has 0 bridgehead atoms. The number of aromatic nitrogens is 2. The Morgan fingerprint density at radius 3 is 2.76 bits per heavy atom. The highest BCUT2D eigenvalue weighted by Crippen LogP contribution is 2.25. The van der Waals surface area contributed by atoms with Gasteiger partial charge in [-0.3, -0.25) is 9.97 Å². The number of aliphatic hydroxyl groups is 1. The number of aliphatic hydroxyl groups excluding tert-OH is 1. The van der Waals surface area contributed by atoms with Gasteiger partial charge < -0.3 is 9.84 Å². The van der Waals surface area contributed by atoms with E-state index < -0.39 is 6.10 Å². The number of pyridine rings is 2. The number of aryl methyl sites for hydroxylation is 1. The summed E-state index contributed by atoms with van der Waals surface area (Å²) in [4.78, 5) is 8.05. The lowest BCUT2D eigenvalue weighted by Crippen LogP contribution is -2.03. The van der Waals surface area contributed by atoms with Crippen LogP contribution in [0.2, 0.25) is 0 Å². The molecular weight excluding hydrogens is 216 g/mol. The normalized spacial score (nSPS) is 12.2. The molecule has 4 heteroatoms. The highest BCUT2D eigenvalue weighted by Gasteiger charge is 2.13. The number of rotatable bonds is 3. The summed E-state index contributed by atoms with van der Waals surface area (Å²) < 4.78 is 5.08. The van der Waals surface area contributed by atoms with Crippen molar-refractivity contribution in [2.24, 2.45) is 0 Å². The molecule has 88 valence electrons. The fourth-order valence-electron chi connectivity index (χ4n) is 1.64. The Hall–Kier alpha value is -1.94. The molecule has 0 radical (unpaired) electrons. The maximum atomic E-state index is 10.3. The van der Waals surface area contributed by atoms with E-state index in [9.17, 15) is 5.11 Å². The van der Waals surface area contributed by atoms with Gasteiger partial charge >= 0.3 is 0 Å². The van der Waals surface area contributed by atoms with Crippen LogP contribution < -0.4 is 4.74 Å². The van der Waals surface area contributed by atoms with Gasteiger partial charge in [0.05, 0.1) is 13.3 Å². The van der Waals surface area contributed by atoms with Gasteiger partial charge in [-0.15, -0.1) is 0 Å². The van der Waals surface area contributed by atoms with Gasteiger partial charge in [0.15, 0.2) is 0 Å². The van der Waals surface area contributed by atoms with E-state index in [0.29, 0.717) is 11.3 Å². The number of nitrogens with zero attached hydrogens (tertiary/aromatic N) is 2. The molecule has 0 spiro atoms. The van der Waals surface area contributed by atoms with Crippen molar-refractivity contribution in [2.75, 3.05) is 7.11 Å². The second kappa shape index (κ2) is 4.93. The summed E-state index contributed by atoms with van der Waals surface area (Å²) in [6.45, 7) is 1.94. The molecule has 4 nitrogen and oxygen atoms in total. The van der Waals surface area contributed by atoms with Crippen molar-refractivity contribution >= 4 is 0 Å². The van der Waals surface area contributed by atoms with Crippen molar-refractivity contribution in [1.29, 1.82) is 0 Å². The van der Waals surface area contributed by atoms with E-state index in [1.54, 1.807) is 38.0 Å². The highest BCUT2D eigenvalue weighted by atomic mass is 16.5. The minimum atomic E-state index is -0.730. The third-order valence-electron chi connectivity index (χ3n) is 2.66. The number of hydrogen-bond acceptors (Lipinski definition) is 4. The zero-order valence-electron chi connectivity index (χ0n) is 9.79. The van der Waals surface area contributed by atoms with Crippen molar-refractivity contribution in [3.63, 3.8) is 0 Å². The van der Waals surface area contributed by atoms with E-state index in [2.05, 4.69) is 9.97 Å². The van der Waals surface area contributed by atoms with Gasteiger partial charge in [0.25, 0.3) is 0 Å². The van der Waals surface area contributed by atoms with E-state index in [1.807, 2.05) is 13.0 Å². The fourth-order valence-corrected chi connectivity index (χ4v) is 1.64. The summed E-state index contributed by atoms with van der Waals surface area (Å²) in [6, 6.07) is 3.64. The molecule has 2 heterocycles. The van der Waals surface area contributed by atoms with Crippen molar-refractivity contribution in [1.82, 2.24) is 9.97 Å². The summed E-state index contributed by atoms with van der Waals surface area (Å²) in [6.07, 6.45) is 5.87. The van der Waals surface area contributed by atoms with E-state index >= 15 is 0 Å². The number of ether oxygens (including phenoxy) is 1. The third kappa shape index (κ3) is 2.42. The quantitative estimate of drug-likeness (QED) is 0.874. The Morgan fingerprint density at radius 2 is 2.06 bits per heavy atom. The number of methoxy groups -OCH3 is 1. The summed E-state index contributed by atoms with van der Waals surface area (Å²) in [5.41, 5.74) is 2.47. The molecule has 0 aliphatic carbocycles. The Balaban J connectivity index is 2.37. The molecule has 0 saturated heterocycles. The summed E-state index contributed by atoms with van der Waals surface area (Å²) in [5.74, 6) is 0.628. The molecule has 1 unspecified atom stereocenters. The standard InChI is InChI=1S/C13H14N2O2/c1-9-3-4-14-8-12(9)13(16)10-5-11(17-2)7-15-6-10/h3-8,13,16H,1-2H3. The summed E-state index contributed by atoms with van der Waals surface area (Å²) >= 11 is 0. The van der Waals surface area contributed by atoms with Gasteiger partial charge in [-0.2, -0.15) is 0 Å². The van der Waals surface area contributed by atoms with E-state index in [0.717, 1.165) is 11.1 Å². The predicted octanol–water partition coefficient (Wildman–Crippen LogP) is 1.88. The maximum Gasteiger partial charge on any atom is 0.137 e. The average molecular weight is 230 g/mol. The van der Waals surface area contributed by atoms with Gasteiger partial charge in [-0.1, -0.05) is 0 Å². The SMILES string of the molecule is COc1cncc(C(O)c2cnccc2C)c1. The molecule has 2 aromatic rings. The lowest BCUT2D eigenvalue weighted by Gasteiger charge is -2.13. The molecule has 0 aromatic carbocycles. The molecular formula is C13H14N2O2. The number of hydrogen-bond donors (Lipinski definition) is 1. The lowest BCUT2D eigenvalue weighted by molar-refractivity contribution is 0.218. The monoisotopic (exact) mass is 230 g/mol. The van der Waals surface area contributed by atoms with Crippen LogP contribution in [0.4, 0.5) is 0 Å². The molecule has 0 aliphatic heterocycles. The van der Waals surface area contributed by atoms with E-state index in [-0.39, 0.29) is 0 Å². The van der Waals surface area contributed by atoms with Crippen molar-refractivity contribution in [3.05, 3.63) is 53.6 Å². The Labute approximate surface area is 99.9 Å². The molecule has 0 aliphatic rings. The Kier molecular flexibility index (Phi) is 3.35. The fraction of sp³-hybridized carbons (Fsp3) is 0.231. The van der Waals surface area contributed by atoms with Crippen molar-refractivity contribution in [3.8, 4) is 5.75 Å². The molecule has 1 N–H and O–H groups in total. The zero-order chi connectivity index (χ0) is 12.3. The molecule has 2 rings (SSSR count). The van der Waals surface area contributed by atoms with Crippen LogP contribution in [-0.4, -0.2) is 22.2 Å². The first-order valence-corrected chi connectivity index (χ1v) is 5.30.